The molecule has 0 atom stereocenters. The van der Waals surface area contributed by atoms with Crippen LogP contribution in [-0.4, -0.2) is 11.5 Å². The summed E-state index contributed by atoms with van der Waals surface area (Å²) in [6.45, 7) is 6.20. The Morgan fingerprint density at radius 1 is 1.24 bits per heavy atom. The van der Waals surface area contributed by atoms with E-state index in [4.69, 9.17) is 0 Å². The van der Waals surface area contributed by atoms with Gasteiger partial charge in [-0.15, -0.1) is 11.3 Å². The van der Waals surface area contributed by atoms with Crippen LogP contribution in [0.25, 0.3) is 10.6 Å². The number of aromatic nitrogens is 1. The van der Waals surface area contributed by atoms with E-state index in [9.17, 15) is 0 Å². The summed E-state index contributed by atoms with van der Waals surface area (Å²) in [6, 6.07) is 8.53. The van der Waals surface area contributed by atoms with Gasteiger partial charge in [-0.1, -0.05) is 36.8 Å². The first-order valence-electron chi connectivity index (χ1n) is 6.01. The van der Waals surface area contributed by atoms with Crippen molar-refractivity contribution in [2.24, 2.45) is 0 Å². The van der Waals surface area contributed by atoms with Crippen molar-refractivity contribution in [3.05, 3.63) is 40.9 Å². The molecule has 1 heterocycles. The Bertz CT molecular complexity index is 459. The molecule has 17 heavy (non-hydrogen) atoms. The highest BCUT2D eigenvalue weighted by Gasteiger charge is 2.03. The van der Waals surface area contributed by atoms with E-state index in [2.05, 4.69) is 53.8 Å². The maximum absolute atomic E-state index is 4.64. The molecule has 0 fully saturated rings. The Kier molecular flexibility index (Phi) is 4.29. The fourth-order valence-electron chi connectivity index (χ4n) is 1.61. The Morgan fingerprint density at radius 3 is 2.71 bits per heavy atom. The predicted octanol–water partition coefficient (Wildman–Crippen LogP) is 3.62. The van der Waals surface area contributed by atoms with E-state index >= 15 is 0 Å². The van der Waals surface area contributed by atoms with Crippen LogP contribution in [0.15, 0.2) is 29.6 Å². The van der Waals surface area contributed by atoms with Crippen LogP contribution in [0.1, 0.15) is 24.6 Å². The molecule has 2 nitrogen and oxygen atoms in total. The maximum atomic E-state index is 4.64. The van der Waals surface area contributed by atoms with Crippen LogP contribution in [0, 0.1) is 6.92 Å². The van der Waals surface area contributed by atoms with Crippen LogP contribution in [0.4, 0.5) is 0 Å². The summed E-state index contributed by atoms with van der Waals surface area (Å²) in [7, 11) is 0. The van der Waals surface area contributed by atoms with Crippen LogP contribution in [0.3, 0.4) is 0 Å². The summed E-state index contributed by atoms with van der Waals surface area (Å²) in [5.74, 6) is 0. The molecule has 0 aliphatic heterocycles. The Hall–Kier alpha value is -1.19. The number of hydrogen-bond acceptors (Lipinski definition) is 3. The van der Waals surface area contributed by atoms with E-state index in [1.54, 1.807) is 11.3 Å². The van der Waals surface area contributed by atoms with Gasteiger partial charge in [-0.05, 0) is 19.9 Å². The van der Waals surface area contributed by atoms with Gasteiger partial charge >= 0.3 is 0 Å². The first-order valence-corrected chi connectivity index (χ1v) is 6.89. The number of hydrogen-bond donors (Lipinski definition) is 1. The zero-order valence-electron chi connectivity index (χ0n) is 10.4. The summed E-state index contributed by atoms with van der Waals surface area (Å²) in [5.41, 5.74) is 3.64. The quantitative estimate of drug-likeness (QED) is 0.815. The highest BCUT2D eigenvalue weighted by atomic mass is 32.1. The van der Waals surface area contributed by atoms with Crippen molar-refractivity contribution in [3.63, 3.8) is 0 Å². The molecule has 0 radical (unpaired) electrons. The molecule has 2 aromatic rings. The molecule has 1 aromatic heterocycles. The van der Waals surface area contributed by atoms with Gasteiger partial charge in [0.15, 0.2) is 0 Å². The van der Waals surface area contributed by atoms with Crippen molar-refractivity contribution in [2.45, 2.75) is 26.8 Å². The predicted molar refractivity (Wildman–Crippen MR) is 74.3 cm³/mol. The van der Waals surface area contributed by atoms with E-state index in [1.807, 2.05) is 0 Å². The van der Waals surface area contributed by atoms with Crippen LogP contribution in [0.2, 0.25) is 0 Å². The number of rotatable bonds is 5. The fraction of sp³-hybridized carbons (Fsp3) is 0.357. The monoisotopic (exact) mass is 246 g/mol. The molecule has 0 bridgehead atoms. The van der Waals surface area contributed by atoms with Crippen molar-refractivity contribution in [1.29, 1.82) is 0 Å². The molecule has 0 amide bonds. The van der Waals surface area contributed by atoms with Gasteiger partial charge in [-0.2, -0.15) is 0 Å². The standard InChI is InChI=1S/C14H18N2S/c1-3-8-15-9-13-10-17-14(16-13)12-6-4-11(2)5-7-12/h4-7,10,15H,3,8-9H2,1-2H3. The van der Waals surface area contributed by atoms with E-state index in [0.29, 0.717) is 0 Å². The summed E-state index contributed by atoms with van der Waals surface area (Å²) in [4.78, 5) is 4.64. The van der Waals surface area contributed by atoms with Crippen molar-refractivity contribution >= 4 is 11.3 Å². The minimum absolute atomic E-state index is 0.871. The SMILES string of the molecule is CCCNCc1csc(-c2ccc(C)cc2)n1. The van der Waals surface area contributed by atoms with Gasteiger partial charge in [0.2, 0.25) is 0 Å². The zero-order valence-corrected chi connectivity index (χ0v) is 11.2. The normalized spacial score (nSPS) is 10.7. The maximum Gasteiger partial charge on any atom is 0.123 e. The van der Waals surface area contributed by atoms with Crippen molar-refractivity contribution < 1.29 is 0 Å². The lowest BCUT2D eigenvalue weighted by atomic mass is 10.2. The molecule has 90 valence electrons. The molecule has 0 unspecified atom stereocenters. The topological polar surface area (TPSA) is 24.9 Å². The molecule has 1 N–H and O–H groups in total. The third-order valence-electron chi connectivity index (χ3n) is 2.58. The summed E-state index contributed by atoms with van der Waals surface area (Å²) >= 11 is 1.72. The van der Waals surface area contributed by atoms with Gasteiger partial charge in [0, 0.05) is 17.5 Å². The van der Waals surface area contributed by atoms with Crippen molar-refractivity contribution in [1.82, 2.24) is 10.3 Å². The van der Waals surface area contributed by atoms with E-state index < -0.39 is 0 Å². The molecule has 0 aliphatic carbocycles. The first-order chi connectivity index (χ1) is 8.29. The van der Waals surface area contributed by atoms with E-state index in [-0.39, 0.29) is 0 Å². The van der Waals surface area contributed by atoms with E-state index in [1.165, 1.54) is 11.1 Å². The average Bonchev–Trinajstić information content (AvgIpc) is 2.79. The number of benzene rings is 1. The first kappa shape index (κ1) is 12.3. The highest BCUT2D eigenvalue weighted by molar-refractivity contribution is 7.13. The van der Waals surface area contributed by atoms with Crippen LogP contribution < -0.4 is 5.32 Å². The summed E-state index contributed by atoms with van der Waals surface area (Å²) in [5, 5.41) is 6.62. The Balaban J connectivity index is 2.04. The molecule has 2 rings (SSSR count). The lowest BCUT2D eigenvalue weighted by Crippen LogP contribution is -2.13. The van der Waals surface area contributed by atoms with Crippen molar-refractivity contribution in [2.75, 3.05) is 6.54 Å². The summed E-state index contributed by atoms with van der Waals surface area (Å²) < 4.78 is 0. The van der Waals surface area contributed by atoms with Crippen LogP contribution in [-0.2, 0) is 6.54 Å². The second kappa shape index (κ2) is 5.94. The second-order valence-electron chi connectivity index (χ2n) is 4.19. The van der Waals surface area contributed by atoms with Gasteiger partial charge in [-0.25, -0.2) is 4.98 Å². The smallest absolute Gasteiger partial charge is 0.123 e. The average molecular weight is 246 g/mol. The lowest BCUT2D eigenvalue weighted by molar-refractivity contribution is 0.667. The molecule has 0 saturated carbocycles. The molecule has 3 heteroatoms. The Morgan fingerprint density at radius 2 is 2.00 bits per heavy atom. The molecule has 1 aromatic carbocycles. The lowest BCUT2D eigenvalue weighted by Gasteiger charge is -1.99. The van der Waals surface area contributed by atoms with Gasteiger partial charge < -0.3 is 5.32 Å². The van der Waals surface area contributed by atoms with Crippen molar-refractivity contribution in [3.8, 4) is 10.6 Å². The molecular weight excluding hydrogens is 228 g/mol. The Labute approximate surface area is 107 Å². The third kappa shape index (κ3) is 3.38. The molecule has 0 aliphatic rings. The van der Waals surface area contributed by atoms with E-state index in [0.717, 1.165) is 30.2 Å². The molecule has 0 spiro atoms. The van der Waals surface area contributed by atoms with Gasteiger partial charge in [0.25, 0.3) is 0 Å². The zero-order chi connectivity index (χ0) is 12.1. The molecule has 0 saturated heterocycles. The van der Waals surface area contributed by atoms with Crippen LogP contribution in [0.5, 0.6) is 0 Å². The number of thiazole rings is 1. The number of nitrogens with one attached hydrogen (secondary N) is 1. The number of aryl methyl sites for hydroxylation is 1. The second-order valence-corrected chi connectivity index (χ2v) is 5.04. The number of nitrogens with zero attached hydrogens (tertiary/aromatic N) is 1. The third-order valence-corrected chi connectivity index (χ3v) is 3.52. The molecular formula is C14H18N2S. The minimum atomic E-state index is 0.871. The van der Waals surface area contributed by atoms with Gasteiger partial charge in [0.1, 0.15) is 5.01 Å². The highest BCUT2D eigenvalue weighted by Crippen LogP contribution is 2.23. The van der Waals surface area contributed by atoms with Crippen LogP contribution >= 0.6 is 11.3 Å². The summed E-state index contributed by atoms with van der Waals surface area (Å²) in [6.07, 6.45) is 1.16. The van der Waals surface area contributed by atoms with Gasteiger partial charge in [-0.3, -0.25) is 0 Å². The fourth-order valence-corrected chi connectivity index (χ4v) is 2.44. The van der Waals surface area contributed by atoms with Gasteiger partial charge in [0.05, 0.1) is 5.69 Å². The largest absolute Gasteiger partial charge is 0.311 e. The minimum Gasteiger partial charge on any atom is -0.311 e.